The van der Waals surface area contributed by atoms with Gasteiger partial charge in [-0.25, -0.2) is 22.4 Å². The van der Waals surface area contributed by atoms with Crippen molar-refractivity contribution in [3.63, 3.8) is 0 Å². The van der Waals surface area contributed by atoms with Crippen LogP contribution in [0.2, 0.25) is 0 Å². The summed E-state index contributed by atoms with van der Waals surface area (Å²) in [5, 5.41) is 8.42. The molecule has 4 rings (SSSR count). The van der Waals surface area contributed by atoms with Crippen LogP contribution in [0, 0.1) is 12.3 Å². The molecule has 0 radical (unpaired) electrons. The fourth-order valence-electron chi connectivity index (χ4n) is 2.93. The maximum atomic E-state index is 13.0. The first-order valence-corrected chi connectivity index (χ1v) is 11.5. The Labute approximate surface area is 173 Å². The van der Waals surface area contributed by atoms with Crippen LogP contribution >= 0.6 is 11.8 Å². The molecular formula is C21H18N4O2S2. The molecule has 8 heteroatoms. The average Bonchev–Trinajstić information content (AvgIpc) is 3.17. The summed E-state index contributed by atoms with van der Waals surface area (Å²) in [7, 11) is -3.77. The van der Waals surface area contributed by atoms with Crippen molar-refractivity contribution in [2.24, 2.45) is 0 Å². The third-order valence-corrected chi connectivity index (χ3v) is 6.99. The summed E-state index contributed by atoms with van der Waals surface area (Å²) < 4.78 is 27.1. The SMILES string of the molecule is CSc1ccc(C(=N)c2cnc3c(ccn3S(=O)(=O)c3ccc(C)cc3)n2)cc1. The van der Waals surface area contributed by atoms with Gasteiger partial charge in [-0.05, 0) is 43.5 Å². The van der Waals surface area contributed by atoms with Crippen molar-refractivity contribution in [1.29, 1.82) is 5.41 Å². The van der Waals surface area contributed by atoms with Crippen LogP contribution in [0.25, 0.3) is 11.2 Å². The Bertz CT molecular complexity index is 1310. The Hall–Kier alpha value is -2.97. The molecule has 2 aromatic carbocycles. The van der Waals surface area contributed by atoms with E-state index in [9.17, 15) is 8.42 Å². The van der Waals surface area contributed by atoms with Crippen LogP contribution in [0.4, 0.5) is 0 Å². The second-order valence-electron chi connectivity index (χ2n) is 6.50. The van der Waals surface area contributed by atoms with E-state index in [4.69, 9.17) is 5.41 Å². The maximum absolute atomic E-state index is 13.0. The van der Waals surface area contributed by atoms with Gasteiger partial charge in [-0.1, -0.05) is 29.8 Å². The van der Waals surface area contributed by atoms with E-state index in [0.717, 1.165) is 20.0 Å². The van der Waals surface area contributed by atoms with Crippen LogP contribution in [0.3, 0.4) is 0 Å². The molecule has 1 N–H and O–H groups in total. The van der Waals surface area contributed by atoms with Crippen LogP contribution in [0.1, 0.15) is 16.8 Å². The number of nitrogens with one attached hydrogen (secondary N) is 1. The molecule has 0 aliphatic heterocycles. The van der Waals surface area contributed by atoms with Gasteiger partial charge in [0.1, 0.15) is 11.2 Å². The summed E-state index contributed by atoms with van der Waals surface area (Å²) in [5.74, 6) is 0. The molecule has 0 unspecified atom stereocenters. The first-order valence-electron chi connectivity index (χ1n) is 8.80. The first-order chi connectivity index (χ1) is 13.9. The molecule has 0 fully saturated rings. The molecule has 2 heterocycles. The fraction of sp³-hybridized carbons (Fsp3) is 0.0952. The summed E-state index contributed by atoms with van der Waals surface area (Å²) in [4.78, 5) is 10.1. The lowest BCUT2D eigenvalue weighted by Crippen LogP contribution is -2.13. The van der Waals surface area contributed by atoms with Gasteiger partial charge in [0.2, 0.25) is 0 Å². The Morgan fingerprint density at radius 3 is 2.38 bits per heavy atom. The largest absolute Gasteiger partial charge is 0.298 e. The summed E-state index contributed by atoms with van der Waals surface area (Å²) >= 11 is 1.63. The van der Waals surface area contributed by atoms with E-state index >= 15 is 0 Å². The van der Waals surface area contributed by atoms with Gasteiger partial charge >= 0.3 is 0 Å². The maximum Gasteiger partial charge on any atom is 0.269 e. The van der Waals surface area contributed by atoms with Crippen molar-refractivity contribution < 1.29 is 8.42 Å². The van der Waals surface area contributed by atoms with E-state index in [1.807, 2.05) is 37.4 Å². The van der Waals surface area contributed by atoms with Gasteiger partial charge in [-0.15, -0.1) is 11.8 Å². The van der Waals surface area contributed by atoms with Gasteiger partial charge in [0, 0.05) is 16.7 Å². The zero-order valence-corrected chi connectivity index (χ0v) is 17.5. The highest BCUT2D eigenvalue weighted by molar-refractivity contribution is 7.98. The topological polar surface area (TPSA) is 88.7 Å². The average molecular weight is 423 g/mol. The van der Waals surface area contributed by atoms with Crippen molar-refractivity contribution in [1.82, 2.24) is 13.9 Å². The van der Waals surface area contributed by atoms with E-state index in [1.54, 1.807) is 42.1 Å². The van der Waals surface area contributed by atoms with Crippen molar-refractivity contribution in [3.05, 3.63) is 83.8 Å². The molecule has 0 atom stereocenters. The molecule has 0 aliphatic carbocycles. The van der Waals surface area contributed by atoms with Gasteiger partial charge < -0.3 is 0 Å². The summed E-state index contributed by atoms with van der Waals surface area (Å²) in [6, 6.07) is 15.9. The van der Waals surface area contributed by atoms with Crippen LogP contribution in [-0.2, 0) is 10.0 Å². The third-order valence-electron chi connectivity index (χ3n) is 4.57. The number of hydrogen-bond donors (Lipinski definition) is 1. The standard InChI is InChI=1S/C21H18N4O2S2/c1-14-3-9-17(10-4-14)29(26,27)25-12-11-18-21(25)23-13-19(24-18)20(22)15-5-7-16(28-2)8-6-15/h3-13,22H,1-2H3. The second-order valence-corrected chi connectivity index (χ2v) is 9.19. The van der Waals surface area contributed by atoms with Crippen molar-refractivity contribution in [3.8, 4) is 0 Å². The lowest BCUT2D eigenvalue weighted by Gasteiger charge is -2.08. The number of fused-ring (bicyclic) bond motifs is 1. The highest BCUT2D eigenvalue weighted by Crippen LogP contribution is 2.21. The minimum atomic E-state index is -3.77. The number of benzene rings is 2. The molecule has 4 aromatic rings. The van der Waals surface area contributed by atoms with Gasteiger partial charge in [-0.3, -0.25) is 5.41 Å². The van der Waals surface area contributed by atoms with Crippen molar-refractivity contribution >= 4 is 38.7 Å². The van der Waals surface area contributed by atoms with E-state index in [-0.39, 0.29) is 16.3 Å². The summed E-state index contributed by atoms with van der Waals surface area (Å²) in [5.41, 5.74) is 2.99. The molecule has 0 saturated heterocycles. The molecule has 0 bridgehead atoms. The van der Waals surface area contributed by atoms with Crippen LogP contribution in [0.5, 0.6) is 0 Å². The number of aromatic nitrogens is 3. The smallest absolute Gasteiger partial charge is 0.269 e. The van der Waals surface area contributed by atoms with Crippen molar-refractivity contribution in [2.75, 3.05) is 6.26 Å². The molecule has 29 heavy (non-hydrogen) atoms. The molecule has 0 spiro atoms. The number of nitrogens with zero attached hydrogens (tertiary/aromatic N) is 3. The molecule has 0 amide bonds. The lowest BCUT2D eigenvalue weighted by atomic mass is 10.1. The molecule has 6 nitrogen and oxygen atoms in total. The number of rotatable bonds is 5. The Morgan fingerprint density at radius 1 is 1.03 bits per heavy atom. The molecular weight excluding hydrogens is 404 g/mol. The van der Waals surface area contributed by atoms with Crippen LogP contribution in [-0.4, -0.2) is 34.3 Å². The normalized spacial score (nSPS) is 11.7. The number of hydrogen-bond acceptors (Lipinski definition) is 6. The zero-order valence-electron chi connectivity index (χ0n) is 15.8. The van der Waals surface area contributed by atoms with Gasteiger partial charge in [0.15, 0.2) is 5.65 Å². The van der Waals surface area contributed by atoms with Gasteiger partial charge in [0.05, 0.1) is 16.8 Å². The first kappa shape index (κ1) is 19.4. The zero-order chi connectivity index (χ0) is 20.6. The molecule has 146 valence electrons. The molecule has 2 aromatic heterocycles. The Balaban J connectivity index is 1.72. The second kappa shape index (κ2) is 7.46. The van der Waals surface area contributed by atoms with E-state index < -0.39 is 10.0 Å². The van der Waals surface area contributed by atoms with E-state index in [2.05, 4.69) is 9.97 Å². The number of thioether (sulfide) groups is 1. The predicted molar refractivity (Wildman–Crippen MR) is 115 cm³/mol. The summed E-state index contributed by atoms with van der Waals surface area (Å²) in [6.45, 7) is 1.90. The van der Waals surface area contributed by atoms with Crippen LogP contribution in [0.15, 0.2) is 76.8 Å². The van der Waals surface area contributed by atoms with Gasteiger partial charge in [-0.2, -0.15) is 0 Å². The highest BCUT2D eigenvalue weighted by atomic mass is 32.2. The Morgan fingerprint density at radius 2 is 1.72 bits per heavy atom. The van der Waals surface area contributed by atoms with Crippen LogP contribution < -0.4 is 0 Å². The highest BCUT2D eigenvalue weighted by Gasteiger charge is 2.20. The minimum Gasteiger partial charge on any atom is -0.298 e. The third kappa shape index (κ3) is 3.56. The Kier molecular flexibility index (Phi) is 4.97. The molecule has 0 saturated carbocycles. The predicted octanol–water partition coefficient (Wildman–Crippen LogP) is 4.11. The fourth-order valence-corrected chi connectivity index (χ4v) is 4.64. The molecule has 0 aliphatic rings. The van der Waals surface area contributed by atoms with E-state index in [0.29, 0.717) is 11.2 Å². The minimum absolute atomic E-state index is 0.188. The quantitative estimate of drug-likeness (QED) is 0.386. The van der Waals surface area contributed by atoms with E-state index in [1.165, 1.54) is 12.4 Å². The monoisotopic (exact) mass is 422 g/mol. The number of aryl methyl sites for hydroxylation is 1. The lowest BCUT2D eigenvalue weighted by molar-refractivity contribution is 0.588. The summed E-state index contributed by atoms with van der Waals surface area (Å²) in [6.07, 6.45) is 4.88. The van der Waals surface area contributed by atoms with Crippen molar-refractivity contribution in [2.45, 2.75) is 16.7 Å². The van der Waals surface area contributed by atoms with Gasteiger partial charge in [0.25, 0.3) is 10.0 Å².